The number of Topliss-reactive ketones (excluding diaryl/α,β-unsaturated/α-hetero) is 1. The Morgan fingerprint density at radius 2 is 2.00 bits per heavy atom. The van der Waals surface area contributed by atoms with Gasteiger partial charge in [-0.1, -0.05) is 4.48 Å². The number of nitrogens with zero attached hydrogens (tertiary/aromatic N) is 3. The zero-order valence-electron chi connectivity index (χ0n) is 13.7. The molecule has 1 unspecified atom stereocenters. The van der Waals surface area contributed by atoms with Crippen LogP contribution in [0.15, 0.2) is 34.9 Å². The first-order valence-electron chi connectivity index (χ1n) is 8.50. The van der Waals surface area contributed by atoms with Crippen LogP contribution in [-0.2, 0) is 4.79 Å². The molecule has 1 N–H and O–H groups in total. The third kappa shape index (κ3) is 2.12. The minimum atomic E-state index is -0.0140. The van der Waals surface area contributed by atoms with Gasteiger partial charge in [-0.25, -0.2) is 0 Å². The highest BCUT2D eigenvalue weighted by molar-refractivity contribution is 6.04. The number of likely N-dealkylation sites (N-methyl/N-ethyl adjacent to an activating group) is 1. The van der Waals surface area contributed by atoms with E-state index in [9.17, 15) is 9.28 Å². The molecule has 0 aromatic heterocycles. The summed E-state index contributed by atoms with van der Waals surface area (Å²) >= 11 is 0. The van der Waals surface area contributed by atoms with Crippen LogP contribution < -0.4 is 5.43 Å². The molecular formula is C17H22ClFN4O. The Morgan fingerprint density at radius 3 is 2.67 bits per heavy atom. The van der Waals surface area contributed by atoms with Gasteiger partial charge in [0.2, 0.25) is 0 Å². The van der Waals surface area contributed by atoms with Gasteiger partial charge in [-0.05, 0) is 37.8 Å². The molecule has 24 heavy (non-hydrogen) atoms. The molecule has 5 aliphatic heterocycles. The summed E-state index contributed by atoms with van der Waals surface area (Å²) in [5.74, 6) is 1.18. The second-order valence-electron chi connectivity index (χ2n) is 7.40. The largest absolute Gasteiger partial charge is 0.303 e. The Labute approximate surface area is 147 Å². The summed E-state index contributed by atoms with van der Waals surface area (Å²) in [7, 11) is 1.87. The number of piperidine rings is 3. The number of carbonyl (C=O) groups excluding carboxylic acids is 1. The monoisotopic (exact) mass is 352 g/mol. The van der Waals surface area contributed by atoms with E-state index in [1.807, 2.05) is 12.1 Å². The molecule has 5 nitrogen and oxygen atoms in total. The van der Waals surface area contributed by atoms with Crippen molar-refractivity contribution in [3.05, 3.63) is 34.9 Å². The Hall–Kier alpha value is -1.53. The van der Waals surface area contributed by atoms with Gasteiger partial charge in [-0.2, -0.15) is 5.12 Å². The smallest absolute Gasteiger partial charge is 0.168 e. The van der Waals surface area contributed by atoms with Gasteiger partial charge in [0.05, 0.1) is 11.9 Å². The molecule has 0 aromatic carbocycles. The standard InChI is InChI=1S/C17H21FN4O.ClH/c1-20-15-9-22(18)8-13-16(15)14(19-20)6-11(17(13)23)12-7-21-4-2-10(12)3-5-21;/h8-12,19H,2-7H2,1H3;1H/t11-,12?;/m1./s1. The van der Waals surface area contributed by atoms with Crippen LogP contribution in [-0.4, -0.2) is 47.5 Å². The van der Waals surface area contributed by atoms with Gasteiger partial charge < -0.3 is 10.3 Å². The Bertz CT molecular complexity index is 680. The van der Waals surface area contributed by atoms with Gasteiger partial charge in [0.15, 0.2) is 5.78 Å². The average Bonchev–Trinajstić information content (AvgIpc) is 2.88. The van der Waals surface area contributed by atoms with Gasteiger partial charge in [0.1, 0.15) is 0 Å². The number of hydrogen-bond donors (Lipinski definition) is 1. The van der Waals surface area contributed by atoms with E-state index >= 15 is 0 Å². The number of halogens is 2. The molecule has 5 heterocycles. The second-order valence-corrected chi connectivity index (χ2v) is 7.40. The molecular weight excluding hydrogens is 331 g/mol. The van der Waals surface area contributed by atoms with E-state index in [4.69, 9.17) is 0 Å². The molecule has 6 aliphatic rings. The summed E-state index contributed by atoms with van der Waals surface area (Å²) in [5, 5.41) is 2.34. The molecule has 2 bridgehead atoms. The van der Waals surface area contributed by atoms with Gasteiger partial charge >= 0.3 is 0 Å². The van der Waals surface area contributed by atoms with Crippen LogP contribution in [0.3, 0.4) is 0 Å². The fourth-order valence-corrected chi connectivity index (χ4v) is 5.09. The van der Waals surface area contributed by atoms with E-state index in [1.54, 1.807) is 0 Å². The maximum Gasteiger partial charge on any atom is 0.168 e. The summed E-state index contributed by atoms with van der Waals surface area (Å²) in [5.41, 5.74) is 6.61. The zero-order chi connectivity index (χ0) is 15.7. The van der Waals surface area contributed by atoms with Crippen molar-refractivity contribution in [1.29, 1.82) is 0 Å². The van der Waals surface area contributed by atoms with Gasteiger partial charge in [0, 0.05) is 49.0 Å². The normalized spacial score (nSPS) is 36.8. The number of fused-ring (bicyclic) bond motifs is 3. The lowest BCUT2D eigenvalue weighted by molar-refractivity contribution is -0.124. The quantitative estimate of drug-likeness (QED) is 0.730. The first-order valence-corrected chi connectivity index (χ1v) is 8.50. The number of ketones is 1. The number of carbonyl (C=O) groups is 1. The molecule has 0 saturated carbocycles. The fraction of sp³-hybridized carbons (Fsp3) is 0.588. The Morgan fingerprint density at radius 1 is 1.25 bits per heavy atom. The zero-order valence-corrected chi connectivity index (χ0v) is 14.5. The second kappa shape index (κ2) is 5.49. The molecule has 7 heteroatoms. The molecule has 1 aliphatic carbocycles. The molecule has 3 saturated heterocycles. The van der Waals surface area contributed by atoms with Crippen molar-refractivity contribution >= 4 is 18.2 Å². The number of nitrogens with one attached hydrogen (secondary N) is 1. The van der Waals surface area contributed by atoms with Gasteiger partial charge in [-0.15, -0.1) is 12.4 Å². The highest BCUT2D eigenvalue weighted by atomic mass is 35.5. The van der Waals surface area contributed by atoms with Crippen LogP contribution >= 0.6 is 12.4 Å². The lowest BCUT2D eigenvalue weighted by Gasteiger charge is -2.48. The first-order chi connectivity index (χ1) is 11.1. The minimum Gasteiger partial charge on any atom is -0.303 e. The van der Waals surface area contributed by atoms with E-state index in [0.717, 1.165) is 29.9 Å². The molecule has 2 atom stereocenters. The number of hydrazine groups is 1. The Balaban J connectivity index is 0.00000146. The van der Waals surface area contributed by atoms with Crippen LogP contribution in [0.2, 0.25) is 0 Å². The van der Waals surface area contributed by atoms with Crippen LogP contribution in [0.25, 0.3) is 0 Å². The SMILES string of the molecule is CN1NC2=C3C(=CN(F)C=C31)C(=O)[C@@H](C1CN3CCC1CC3)C2.Cl. The molecule has 0 radical (unpaired) electrons. The molecule has 3 fully saturated rings. The number of hydrogen-bond acceptors (Lipinski definition) is 5. The summed E-state index contributed by atoms with van der Waals surface area (Å²) in [4.78, 5) is 15.6. The maximum atomic E-state index is 13.9. The topological polar surface area (TPSA) is 38.8 Å². The lowest BCUT2D eigenvalue weighted by Crippen LogP contribution is -2.52. The van der Waals surface area contributed by atoms with Crippen LogP contribution in [0.4, 0.5) is 4.48 Å². The van der Waals surface area contributed by atoms with Crippen LogP contribution in [0.5, 0.6) is 0 Å². The molecule has 0 spiro atoms. The van der Waals surface area contributed by atoms with Crippen molar-refractivity contribution in [3.63, 3.8) is 0 Å². The highest BCUT2D eigenvalue weighted by Gasteiger charge is 2.47. The highest BCUT2D eigenvalue weighted by Crippen LogP contribution is 2.47. The van der Waals surface area contributed by atoms with Crippen molar-refractivity contribution in [1.82, 2.24) is 20.5 Å². The summed E-state index contributed by atoms with van der Waals surface area (Å²) < 4.78 is 13.9. The fourth-order valence-electron chi connectivity index (χ4n) is 5.09. The molecule has 0 aromatic rings. The summed E-state index contributed by atoms with van der Waals surface area (Å²) in [6.07, 6.45) is 5.95. The van der Waals surface area contributed by atoms with Gasteiger partial charge in [0.25, 0.3) is 0 Å². The third-order valence-electron chi connectivity index (χ3n) is 6.24. The van der Waals surface area contributed by atoms with Crippen molar-refractivity contribution in [2.75, 3.05) is 26.7 Å². The van der Waals surface area contributed by atoms with Gasteiger partial charge in [-0.3, -0.25) is 9.80 Å². The molecule has 0 amide bonds. The molecule has 130 valence electrons. The third-order valence-corrected chi connectivity index (χ3v) is 6.24. The Kier molecular flexibility index (Phi) is 3.65. The van der Waals surface area contributed by atoms with Crippen molar-refractivity contribution in [2.45, 2.75) is 19.3 Å². The van der Waals surface area contributed by atoms with Crippen LogP contribution in [0, 0.1) is 17.8 Å². The van der Waals surface area contributed by atoms with E-state index in [0.29, 0.717) is 22.5 Å². The number of allylic oxidation sites excluding steroid dienone is 2. The average molecular weight is 353 g/mol. The minimum absolute atomic E-state index is 0. The van der Waals surface area contributed by atoms with Crippen molar-refractivity contribution in [3.8, 4) is 0 Å². The predicted octanol–water partition coefficient (Wildman–Crippen LogP) is 1.97. The predicted molar refractivity (Wildman–Crippen MR) is 90.1 cm³/mol. The van der Waals surface area contributed by atoms with Crippen LogP contribution in [0.1, 0.15) is 19.3 Å². The molecule has 6 rings (SSSR count). The van der Waals surface area contributed by atoms with E-state index in [-0.39, 0.29) is 24.1 Å². The number of rotatable bonds is 1. The van der Waals surface area contributed by atoms with E-state index < -0.39 is 0 Å². The van der Waals surface area contributed by atoms with Crippen molar-refractivity contribution < 1.29 is 9.28 Å². The van der Waals surface area contributed by atoms with E-state index in [1.165, 1.54) is 38.3 Å². The lowest BCUT2D eigenvalue weighted by atomic mass is 9.66. The van der Waals surface area contributed by atoms with E-state index in [2.05, 4.69) is 10.3 Å². The summed E-state index contributed by atoms with van der Waals surface area (Å²) in [6, 6.07) is 0. The maximum absolute atomic E-state index is 13.9. The van der Waals surface area contributed by atoms with Crippen molar-refractivity contribution in [2.24, 2.45) is 17.8 Å². The first kappa shape index (κ1) is 16.0. The summed E-state index contributed by atoms with van der Waals surface area (Å²) in [6.45, 7) is 3.37.